The van der Waals surface area contributed by atoms with E-state index in [1.54, 1.807) is 12.3 Å². The largest absolute Gasteiger partial charge is 0.488 e. The van der Waals surface area contributed by atoms with Gasteiger partial charge in [0.15, 0.2) is 0 Å². The quantitative estimate of drug-likeness (QED) is 0.458. The van der Waals surface area contributed by atoms with Gasteiger partial charge in [-0.05, 0) is 31.1 Å². The maximum Gasteiger partial charge on any atom is 0.488 e. The van der Waals surface area contributed by atoms with Gasteiger partial charge in [0.05, 0.1) is 0 Å². The van der Waals surface area contributed by atoms with Crippen molar-refractivity contribution in [3.05, 3.63) is 23.3 Å². The summed E-state index contributed by atoms with van der Waals surface area (Å²) in [7, 11) is -1.34. The monoisotopic (exact) mass is 153 g/mol. The number of nitrogens with one attached hydrogen (secondary N) is 1. The molecule has 0 saturated heterocycles. The second kappa shape index (κ2) is 3.60. The van der Waals surface area contributed by atoms with E-state index in [0.717, 1.165) is 18.5 Å². The molecule has 1 heterocycles. The molecule has 0 aromatic heterocycles. The van der Waals surface area contributed by atoms with Gasteiger partial charge in [-0.15, -0.1) is 0 Å². The molecule has 1 aliphatic rings. The molecule has 0 aromatic carbocycles. The fourth-order valence-corrected chi connectivity index (χ4v) is 1.08. The Kier molecular flexibility index (Phi) is 2.73. The van der Waals surface area contributed by atoms with Crippen LogP contribution in [0.5, 0.6) is 0 Å². The summed E-state index contributed by atoms with van der Waals surface area (Å²) in [6, 6.07) is 0. The Bertz CT molecular complexity index is 199. The minimum atomic E-state index is -1.34. The Hall–Kier alpha value is -0.735. The normalized spacial score (nSPS) is 17.7. The minimum Gasteiger partial charge on any atom is -0.423 e. The van der Waals surface area contributed by atoms with Crippen molar-refractivity contribution in [1.82, 2.24) is 5.32 Å². The summed E-state index contributed by atoms with van der Waals surface area (Å²) in [4.78, 5) is 0. The van der Waals surface area contributed by atoms with Gasteiger partial charge in [0.1, 0.15) is 0 Å². The molecule has 0 unspecified atom stereocenters. The Morgan fingerprint density at radius 1 is 1.55 bits per heavy atom. The van der Waals surface area contributed by atoms with Gasteiger partial charge in [-0.25, -0.2) is 0 Å². The van der Waals surface area contributed by atoms with Crippen LogP contribution in [-0.2, 0) is 0 Å². The van der Waals surface area contributed by atoms with Crippen molar-refractivity contribution in [3.63, 3.8) is 0 Å². The number of rotatable bonds is 1. The molecule has 4 heteroatoms. The summed E-state index contributed by atoms with van der Waals surface area (Å²) in [5.74, 6) is 0. The molecule has 0 aromatic rings. The standard InChI is InChI=1S/C7H12BNO2/c1-6-2-4-9-5-3-7(6)8(10)11/h3,5,9-11H,2,4H2,1H3. The molecule has 3 nitrogen and oxygen atoms in total. The van der Waals surface area contributed by atoms with E-state index in [1.165, 1.54) is 0 Å². The molecule has 0 fully saturated rings. The molecule has 0 saturated carbocycles. The molecule has 11 heavy (non-hydrogen) atoms. The third kappa shape index (κ3) is 2.10. The molecule has 1 rings (SSSR count). The first kappa shape index (κ1) is 8.36. The average molecular weight is 153 g/mol. The van der Waals surface area contributed by atoms with Crippen LogP contribution in [0.4, 0.5) is 0 Å². The predicted octanol–water partition coefficient (Wildman–Crippen LogP) is -0.178. The molecule has 0 aliphatic carbocycles. The number of hydrogen-bond donors (Lipinski definition) is 3. The maximum atomic E-state index is 8.89. The van der Waals surface area contributed by atoms with Crippen molar-refractivity contribution in [2.24, 2.45) is 0 Å². The molecule has 1 aliphatic heterocycles. The van der Waals surface area contributed by atoms with Gasteiger partial charge in [-0.2, -0.15) is 0 Å². The summed E-state index contributed by atoms with van der Waals surface area (Å²) in [6.45, 7) is 2.77. The van der Waals surface area contributed by atoms with Crippen LogP contribution in [0.3, 0.4) is 0 Å². The van der Waals surface area contributed by atoms with E-state index in [0.29, 0.717) is 5.47 Å². The number of hydrogen-bond acceptors (Lipinski definition) is 3. The highest BCUT2D eigenvalue weighted by molar-refractivity contribution is 6.52. The highest BCUT2D eigenvalue weighted by Gasteiger charge is 2.15. The SMILES string of the molecule is CC1=C(B(O)O)C=CNCC1. The van der Waals surface area contributed by atoms with Crippen LogP contribution in [-0.4, -0.2) is 23.7 Å². The predicted molar refractivity (Wildman–Crippen MR) is 44.7 cm³/mol. The first-order chi connectivity index (χ1) is 5.22. The van der Waals surface area contributed by atoms with Crippen LogP contribution in [0.15, 0.2) is 23.3 Å². The van der Waals surface area contributed by atoms with E-state index in [4.69, 9.17) is 10.0 Å². The zero-order chi connectivity index (χ0) is 8.27. The molecule has 0 atom stereocenters. The molecule has 0 radical (unpaired) electrons. The van der Waals surface area contributed by atoms with Crippen LogP contribution in [0.1, 0.15) is 13.3 Å². The van der Waals surface area contributed by atoms with Gasteiger partial charge in [0.25, 0.3) is 0 Å². The van der Waals surface area contributed by atoms with Crippen LogP contribution >= 0.6 is 0 Å². The van der Waals surface area contributed by atoms with Crippen LogP contribution in [0, 0.1) is 0 Å². The highest BCUT2D eigenvalue weighted by atomic mass is 16.4. The van der Waals surface area contributed by atoms with Crippen molar-refractivity contribution in [2.45, 2.75) is 13.3 Å². The second-order valence-corrected chi connectivity index (χ2v) is 2.65. The van der Waals surface area contributed by atoms with Gasteiger partial charge in [-0.1, -0.05) is 5.57 Å². The summed E-state index contributed by atoms with van der Waals surface area (Å²) in [5.41, 5.74) is 1.64. The van der Waals surface area contributed by atoms with Crippen molar-refractivity contribution in [1.29, 1.82) is 0 Å². The van der Waals surface area contributed by atoms with Crippen LogP contribution in [0.2, 0.25) is 0 Å². The Morgan fingerprint density at radius 2 is 2.27 bits per heavy atom. The Balaban J connectivity index is 2.82. The first-order valence-electron chi connectivity index (χ1n) is 3.67. The van der Waals surface area contributed by atoms with E-state index in [-0.39, 0.29) is 0 Å². The molecule has 0 bridgehead atoms. The maximum absolute atomic E-state index is 8.89. The molecule has 0 spiro atoms. The fourth-order valence-electron chi connectivity index (χ4n) is 1.08. The summed E-state index contributed by atoms with van der Waals surface area (Å²) >= 11 is 0. The lowest BCUT2D eigenvalue weighted by Gasteiger charge is -2.03. The van der Waals surface area contributed by atoms with Crippen LogP contribution in [0.25, 0.3) is 0 Å². The van der Waals surface area contributed by atoms with E-state index < -0.39 is 7.12 Å². The third-order valence-electron chi connectivity index (χ3n) is 1.80. The highest BCUT2D eigenvalue weighted by Crippen LogP contribution is 2.12. The smallest absolute Gasteiger partial charge is 0.423 e. The van der Waals surface area contributed by atoms with E-state index in [1.807, 2.05) is 6.92 Å². The van der Waals surface area contributed by atoms with Gasteiger partial charge < -0.3 is 15.4 Å². The average Bonchev–Trinajstić information content (AvgIpc) is 2.13. The minimum absolute atomic E-state index is 0.606. The fraction of sp³-hybridized carbons (Fsp3) is 0.429. The zero-order valence-electron chi connectivity index (χ0n) is 6.54. The molecule has 3 N–H and O–H groups in total. The Morgan fingerprint density at radius 3 is 2.91 bits per heavy atom. The van der Waals surface area contributed by atoms with Gasteiger partial charge in [0.2, 0.25) is 0 Å². The van der Waals surface area contributed by atoms with Gasteiger partial charge in [0, 0.05) is 6.54 Å². The Labute approximate surface area is 66.6 Å². The van der Waals surface area contributed by atoms with Crippen molar-refractivity contribution >= 4 is 7.12 Å². The van der Waals surface area contributed by atoms with Crippen molar-refractivity contribution < 1.29 is 10.0 Å². The first-order valence-corrected chi connectivity index (χ1v) is 3.67. The van der Waals surface area contributed by atoms with E-state index in [2.05, 4.69) is 5.32 Å². The topological polar surface area (TPSA) is 52.5 Å². The summed E-state index contributed by atoms with van der Waals surface area (Å²) in [5, 5.41) is 20.8. The molecular weight excluding hydrogens is 141 g/mol. The van der Waals surface area contributed by atoms with Gasteiger partial charge in [-0.3, -0.25) is 0 Å². The molecule has 60 valence electrons. The summed E-state index contributed by atoms with van der Waals surface area (Å²) in [6.07, 6.45) is 4.30. The molecule has 0 amide bonds. The van der Waals surface area contributed by atoms with Crippen LogP contribution < -0.4 is 5.32 Å². The van der Waals surface area contributed by atoms with Crippen molar-refractivity contribution in [3.8, 4) is 0 Å². The zero-order valence-corrected chi connectivity index (χ0v) is 6.54. The summed E-state index contributed by atoms with van der Waals surface area (Å²) < 4.78 is 0. The number of allylic oxidation sites excluding steroid dienone is 2. The van der Waals surface area contributed by atoms with Gasteiger partial charge >= 0.3 is 7.12 Å². The lowest BCUT2D eigenvalue weighted by Crippen LogP contribution is -2.15. The third-order valence-corrected chi connectivity index (χ3v) is 1.80. The lowest BCUT2D eigenvalue weighted by atomic mass is 9.76. The van der Waals surface area contributed by atoms with E-state index >= 15 is 0 Å². The second-order valence-electron chi connectivity index (χ2n) is 2.65. The van der Waals surface area contributed by atoms with E-state index in [9.17, 15) is 0 Å². The molecular formula is C7H12BNO2. The van der Waals surface area contributed by atoms with Crippen molar-refractivity contribution in [2.75, 3.05) is 6.54 Å². The lowest BCUT2D eigenvalue weighted by molar-refractivity contribution is 0.420.